The predicted octanol–water partition coefficient (Wildman–Crippen LogP) is 2.86. The number of hydrogen-bond acceptors (Lipinski definition) is 2. The van der Waals surface area contributed by atoms with Crippen molar-refractivity contribution in [3.63, 3.8) is 0 Å². The molecule has 0 saturated carbocycles. The molecule has 2 rings (SSSR count). The van der Waals surface area contributed by atoms with Crippen molar-refractivity contribution in [3.8, 4) is 0 Å². The number of nitrogens with zero attached hydrogens (tertiary/aromatic N) is 3. The van der Waals surface area contributed by atoms with Gasteiger partial charge in [-0.05, 0) is 12.1 Å². The Hall–Kier alpha value is -1.13. The third-order valence-electron chi connectivity index (χ3n) is 2.10. The standard InChI is InChI=1S/C10H8Cl2FN3/c11-4-7-5-16(15-14-7)6-8-9(12)2-1-3-10(8)13/h1-3,5H,4,6H2. The van der Waals surface area contributed by atoms with Gasteiger partial charge in [-0.2, -0.15) is 0 Å². The van der Waals surface area contributed by atoms with Crippen molar-refractivity contribution < 1.29 is 4.39 Å². The molecule has 0 bridgehead atoms. The molecule has 6 heteroatoms. The van der Waals surface area contributed by atoms with E-state index in [0.717, 1.165) is 0 Å². The van der Waals surface area contributed by atoms with Crippen LogP contribution in [0.4, 0.5) is 4.39 Å². The third-order valence-corrected chi connectivity index (χ3v) is 2.73. The maximum atomic E-state index is 13.5. The minimum Gasteiger partial charge on any atom is -0.248 e. The van der Waals surface area contributed by atoms with Crippen LogP contribution in [0.15, 0.2) is 24.4 Å². The largest absolute Gasteiger partial charge is 0.248 e. The zero-order valence-electron chi connectivity index (χ0n) is 8.20. The van der Waals surface area contributed by atoms with Crippen molar-refractivity contribution in [2.45, 2.75) is 12.4 Å². The van der Waals surface area contributed by atoms with Crippen molar-refractivity contribution in [2.75, 3.05) is 0 Å². The molecule has 0 atom stereocenters. The van der Waals surface area contributed by atoms with E-state index >= 15 is 0 Å². The highest BCUT2D eigenvalue weighted by molar-refractivity contribution is 6.31. The van der Waals surface area contributed by atoms with Crippen LogP contribution in [0.1, 0.15) is 11.3 Å². The van der Waals surface area contributed by atoms with Crippen molar-refractivity contribution >= 4 is 23.2 Å². The molecule has 0 saturated heterocycles. The van der Waals surface area contributed by atoms with Gasteiger partial charge in [-0.15, -0.1) is 16.7 Å². The van der Waals surface area contributed by atoms with E-state index in [-0.39, 0.29) is 18.2 Å². The Morgan fingerprint density at radius 1 is 1.38 bits per heavy atom. The molecule has 0 amide bonds. The molecule has 0 unspecified atom stereocenters. The van der Waals surface area contributed by atoms with E-state index in [1.807, 2.05) is 0 Å². The van der Waals surface area contributed by atoms with Crippen LogP contribution >= 0.6 is 23.2 Å². The van der Waals surface area contributed by atoms with E-state index < -0.39 is 0 Å². The zero-order valence-corrected chi connectivity index (χ0v) is 9.71. The highest BCUT2D eigenvalue weighted by atomic mass is 35.5. The summed E-state index contributed by atoms with van der Waals surface area (Å²) in [6.07, 6.45) is 1.66. The molecule has 2 aromatic rings. The molecule has 1 aromatic heterocycles. The molecular formula is C10H8Cl2FN3. The molecule has 84 valence electrons. The van der Waals surface area contributed by atoms with Gasteiger partial charge < -0.3 is 0 Å². The van der Waals surface area contributed by atoms with Crippen LogP contribution in [-0.2, 0) is 12.4 Å². The van der Waals surface area contributed by atoms with Crippen molar-refractivity contribution in [1.29, 1.82) is 0 Å². The summed E-state index contributed by atoms with van der Waals surface area (Å²) >= 11 is 11.5. The van der Waals surface area contributed by atoms with Crippen LogP contribution in [0.5, 0.6) is 0 Å². The quantitative estimate of drug-likeness (QED) is 0.794. The van der Waals surface area contributed by atoms with Crippen molar-refractivity contribution in [2.24, 2.45) is 0 Å². The molecule has 0 aliphatic rings. The van der Waals surface area contributed by atoms with E-state index in [9.17, 15) is 4.39 Å². The van der Waals surface area contributed by atoms with Gasteiger partial charge in [0.2, 0.25) is 0 Å². The Morgan fingerprint density at radius 2 is 2.19 bits per heavy atom. The first kappa shape index (κ1) is 11.4. The SMILES string of the molecule is Fc1cccc(Cl)c1Cn1cc(CCl)nn1. The molecular weight excluding hydrogens is 252 g/mol. The van der Waals surface area contributed by atoms with E-state index in [0.29, 0.717) is 16.3 Å². The molecule has 1 heterocycles. The summed E-state index contributed by atoms with van der Waals surface area (Å²) in [4.78, 5) is 0. The average Bonchev–Trinajstić information content (AvgIpc) is 2.71. The molecule has 0 N–H and O–H groups in total. The lowest BCUT2D eigenvalue weighted by Crippen LogP contribution is -2.03. The monoisotopic (exact) mass is 259 g/mol. The lowest BCUT2D eigenvalue weighted by molar-refractivity contribution is 0.577. The van der Waals surface area contributed by atoms with Gasteiger partial charge in [0.1, 0.15) is 5.82 Å². The first-order valence-electron chi connectivity index (χ1n) is 4.58. The number of aromatic nitrogens is 3. The summed E-state index contributed by atoms with van der Waals surface area (Å²) in [5.74, 6) is -0.0687. The van der Waals surface area contributed by atoms with Gasteiger partial charge in [0.25, 0.3) is 0 Å². The van der Waals surface area contributed by atoms with Crippen molar-refractivity contribution in [1.82, 2.24) is 15.0 Å². The van der Waals surface area contributed by atoms with Gasteiger partial charge in [0.15, 0.2) is 0 Å². The van der Waals surface area contributed by atoms with Gasteiger partial charge in [0, 0.05) is 10.6 Å². The Balaban J connectivity index is 2.26. The van der Waals surface area contributed by atoms with Gasteiger partial charge in [0.05, 0.1) is 24.3 Å². The lowest BCUT2D eigenvalue weighted by Gasteiger charge is -2.04. The molecule has 1 aromatic carbocycles. The molecule has 0 spiro atoms. The fourth-order valence-corrected chi connectivity index (χ4v) is 1.67. The summed E-state index contributed by atoms with van der Waals surface area (Å²) in [7, 11) is 0. The third kappa shape index (κ3) is 2.33. The molecule has 3 nitrogen and oxygen atoms in total. The zero-order chi connectivity index (χ0) is 11.5. The smallest absolute Gasteiger partial charge is 0.129 e. The van der Waals surface area contributed by atoms with Crippen LogP contribution in [0.25, 0.3) is 0 Å². The van der Waals surface area contributed by atoms with Gasteiger partial charge in [-0.3, -0.25) is 0 Å². The maximum absolute atomic E-state index is 13.5. The van der Waals surface area contributed by atoms with E-state index in [4.69, 9.17) is 23.2 Å². The van der Waals surface area contributed by atoms with Gasteiger partial charge in [-0.1, -0.05) is 22.9 Å². The summed E-state index contributed by atoms with van der Waals surface area (Å²) in [5.41, 5.74) is 1.05. The van der Waals surface area contributed by atoms with Crippen LogP contribution in [0.3, 0.4) is 0 Å². The Labute approximate surface area is 102 Å². The first-order chi connectivity index (χ1) is 7.70. The minimum atomic E-state index is -0.351. The maximum Gasteiger partial charge on any atom is 0.129 e. The second kappa shape index (κ2) is 4.80. The fraction of sp³-hybridized carbons (Fsp3) is 0.200. The summed E-state index contributed by atoms with van der Waals surface area (Å²) < 4.78 is 15.0. The van der Waals surface area contributed by atoms with E-state index in [2.05, 4.69) is 10.3 Å². The van der Waals surface area contributed by atoms with Crippen molar-refractivity contribution in [3.05, 3.63) is 46.5 Å². The van der Waals surface area contributed by atoms with Gasteiger partial charge >= 0.3 is 0 Å². The summed E-state index contributed by atoms with van der Waals surface area (Å²) in [5, 5.41) is 8.00. The summed E-state index contributed by atoms with van der Waals surface area (Å²) in [6, 6.07) is 4.56. The van der Waals surface area contributed by atoms with Crippen LogP contribution in [0, 0.1) is 5.82 Å². The number of halogens is 3. The Bertz CT molecular complexity index is 478. The number of hydrogen-bond donors (Lipinski definition) is 0. The highest BCUT2D eigenvalue weighted by Gasteiger charge is 2.08. The number of alkyl halides is 1. The summed E-state index contributed by atoms with van der Waals surface area (Å²) in [6.45, 7) is 0.245. The van der Waals surface area contributed by atoms with Crippen LogP contribution in [0.2, 0.25) is 5.02 Å². The molecule has 0 aliphatic heterocycles. The topological polar surface area (TPSA) is 30.7 Å². The Kier molecular flexibility index (Phi) is 3.41. The number of rotatable bonds is 3. The molecule has 0 radical (unpaired) electrons. The predicted molar refractivity (Wildman–Crippen MR) is 60.1 cm³/mol. The lowest BCUT2D eigenvalue weighted by atomic mass is 10.2. The van der Waals surface area contributed by atoms with E-state index in [1.165, 1.54) is 10.7 Å². The van der Waals surface area contributed by atoms with Gasteiger partial charge in [-0.25, -0.2) is 9.07 Å². The van der Waals surface area contributed by atoms with Crippen LogP contribution < -0.4 is 0 Å². The molecule has 0 aliphatic carbocycles. The Morgan fingerprint density at radius 3 is 2.81 bits per heavy atom. The fourth-order valence-electron chi connectivity index (χ4n) is 1.32. The first-order valence-corrected chi connectivity index (χ1v) is 5.50. The number of benzene rings is 1. The van der Waals surface area contributed by atoms with E-state index in [1.54, 1.807) is 18.3 Å². The van der Waals surface area contributed by atoms with Crippen LogP contribution in [-0.4, -0.2) is 15.0 Å². The second-order valence-corrected chi connectivity index (χ2v) is 3.92. The minimum absolute atomic E-state index is 0.245. The highest BCUT2D eigenvalue weighted by Crippen LogP contribution is 2.19. The second-order valence-electron chi connectivity index (χ2n) is 3.24. The molecule has 0 fully saturated rings. The average molecular weight is 260 g/mol. The normalized spacial score (nSPS) is 10.7. The molecule has 16 heavy (non-hydrogen) atoms.